The Bertz CT molecular complexity index is 562. The van der Waals surface area contributed by atoms with E-state index in [1.54, 1.807) is 0 Å². The summed E-state index contributed by atoms with van der Waals surface area (Å²) in [5.41, 5.74) is 3.18. The normalized spacial score (nSPS) is 21.3. The maximum Gasteiger partial charge on any atom is 0.131 e. The maximum atomic E-state index is 6.25. The molecule has 0 aromatic carbocycles. The second kappa shape index (κ2) is 6.48. The van der Waals surface area contributed by atoms with Gasteiger partial charge in [0.2, 0.25) is 0 Å². The summed E-state index contributed by atoms with van der Waals surface area (Å²) in [5, 5.41) is 0. The second-order valence-electron chi connectivity index (χ2n) is 8.33. The Balaban J connectivity index is 2.46. The van der Waals surface area contributed by atoms with Crippen LogP contribution in [0.1, 0.15) is 83.6 Å². The molecule has 4 nitrogen and oxygen atoms in total. The van der Waals surface area contributed by atoms with Crippen LogP contribution in [0.5, 0.6) is 0 Å². The molecule has 1 atom stereocenters. The van der Waals surface area contributed by atoms with Crippen molar-refractivity contribution in [2.24, 2.45) is 0 Å². The van der Waals surface area contributed by atoms with E-state index >= 15 is 0 Å². The topological polar surface area (TPSA) is 38.2 Å². The summed E-state index contributed by atoms with van der Waals surface area (Å²) in [4.78, 5) is 12.1. The van der Waals surface area contributed by atoms with E-state index in [2.05, 4.69) is 60.4 Å². The quantitative estimate of drug-likeness (QED) is 0.822. The summed E-state index contributed by atoms with van der Waals surface area (Å²) in [6.45, 7) is 18.1. The Labute approximate surface area is 141 Å². The van der Waals surface area contributed by atoms with Gasteiger partial charge in [-0.1, -0.05) is 41.5 Å². The SMILES string of the molecule is CCN(C)CCC1(C)OCc2c(C(C)(C)C)nc(C(C)C)nc21. The van der Waals surface area contributed by atoms with Gasteiger partial charge in [-0.05, 0) is 26.9 Å². The molecule has 0 saturated carbocycles. The first-order valence-corrected chi connectivity index (χ1v) is 8.82. The number of rotatable bonds is 5. The molecule has 0 N–H and O–H groups in total. The lowest BCUT2D eigenvalue weighted by molar-refractivity contribution is -0.0363. The highest BCUT2D eigenvalue weighted by Crippen LogP contribution is 2.41. The van der Waals surface area contributed by atoms with Gasteiger partial charge in [0.05, 0.1) is 18.0 Å². The first-order chi connectivity index (χ1) is 10.6. The Morgan fingerprint density at radius 2 is 1.91 bits per heavy atom. The van der Waals surface area contributed by atoms with Gasteiger partial charge in [-0.25, -0.2) is 9.97 Å². The predicted octanol–water partition coefficient (Wildman–Crippen LogP) is 3.98. The molecule has 130 valence electrons. The summed E-state index contributed by atoms with van der Waals surface area (Å²) in [5.74, 6) is 1.26. The minimum absolute atomic E-state index is 0.00544. The summed E-state index contributed by atoms with van der Waals surface area (Å²) >= 11 is 0. The van der Waals surface area contributed by atoms with Gasteiger partial charge in [0.25, 0.3) is 0 Å². The van der Waals surface area contributed by atoms with Gasteiger partial charge in [-0.15, -0.1) is 0 Å². The number of aromatic nitrogens is 2. The molecule has 4 heteroatoms. The molecule has 0 amide bonds. The Morgan fingerprint density at radius 3 is 2.43 bits per heavy atom. The Hall–Kier alpha value is -1.00. The highest BCUT2D eigenvalue weighted by Gasteiger charge is 2.41. The van der Waals surface area contributed by atoms with Crippen molar-refractivity contribution in [3.8, 4) is 0 Å². The van der Waals surface area contributed by atoms with Crippen molar-refractivity contribution >= 4 is 0 Å². The molecule has 1 unspecified atom stereocenters. The van der Waals surface area contributed by atoms with Crippen LogP contribution < -0.4 is 0 Å². The molecular weight excluding hydrogens is 286 g/mol. The first-order valence-electron chi connectivity index (χ1n) is 8.82. The van der Waals surface area contributed by atoms with Crippen molar-refractivity contribution in [1.29, 1.82) is 0 Å². The zero-order valence-corrected chi connectivity index (χ0v) is 16.2. The largest absolute Gasteiger partial charge is 0.364 e. The van der Waals surface area contributed by atoms with Crippen molar-refractivity contribution in [1.82, 2.24) is 14.9 Å². The number of ether oxygens (including phenoxy) is 1. The zero-order chi connectivity index (χ0) is 17.4. The first kappa shape index (κ1) is 18.3. The van der Waals surface area contributed by atoms with Crippen molar-refractivity contribution in [3.63, 3.8) is 0 Å². The molecule has 1 aromatic heterocycles. The van der Waals surface area contributed by atoms with Crippen LogP contribution in [-0.4, -0.2) is 35.0 Å². The van der Waals surface area contributed by atoms with Crippen molar-refractivity contribution < 1.29 is 4.74 Å². The highest BCUT2D eigenvalue weighted by atomic mass is 16.5. The van der Waals surface area contributed by atoms with Crippen LogP contribution in [0.25, 0.3) is 0 Å². The van der Waals surface area contributed by atoms with Gasteiger partial charge in [-0.2, -0.15) is 0 Å². The van der Waals surface area contributed by atoms with E-state index in [1.165, 1.54) is 5.56 Å². The fourth-order valence-electron chi connectivity index (χ4n) is 3.01. The fraction of sp³-hybridized carbons (Fsp3) is 0.789. The fourth-order valence-corrected chi connectivity index (χ4v) is 3.01. The molecule has 2 heterocycles. The second-order valence-corrected chi connectivity index (χ2v) is 8.33. The third-order valence-corrected chi connectivity index (χ3v) is 4.80. The third-order valence-electron chi connectivity index (χ3n) is 4.80. The van der Waals surface area contributed by atoms with Gasteiger partial charge in [0, 0.05) is 23.4 Å². The van der Waals surface area contributed by atoms with Gasteiger partial charge < -0.3 is 9.64 Å². The van der Waals surface area contributed by atoms with Crippen LogP contribution in [0.4, 0.5) is 0 Å². The summed E-state index contributed by atoms with van der Waals surface area (Å²) in [6.07, 6.45) is 0.961. The third kappa shape index (κ3) is 3.74. The van der Waals surface area contributed by atoms with Crippen molar-refractivity contribution in [2.45, 2.75) is 78.4 Å². The van der Waals surface area contributed by atoms with E-state index in [1.807, 2.05) is 0 Å². The molecule has 0 aliphatic carbocycles. The van der Waals surface area contributed by atoms with E-state index in [0.29, 0.717) is 12.5 Å². The zero-order valence-electron chi connectivity index (χ0n) is 16.2. The van der Waals surface area contributed by atoms with E-state index in [0.717, 1.165) is 36.7 Å². The number of nitrogens with zero attached hydrogens (tertiary/aromatic N) is 3. The minimum Gasteiger partial charge on any atom is -0.364 e. The highest BCUT2D eigenvalue weighted by molar-refractivity contribution is 5.37. The van der Waals surface area contributed by atoms with Gasteiger partial charge >= 0.3 is 0 Å². The van der Waals surface area contributed by atoms with Crippen molar-refractivity contribution in [2.75, 3.05) is 20.1 Å². The molecule has 23 heavy (non-hydrogen) atoms. The van der Waals surface area contributed by atoms with Crippen LogP contribution >= 0.6 is 0 Å². The minimum atomic E-state index is -0.300. The molecule has 0 bridgehead atoms. The molecule has 0 spiro atoms. The number of hydrogen-bond acceptors (Lipinski definition) is 4. The van der Waals surface area contributed by atoms with E-state index in [9.17, 15) is 0 Å². The molecule has 1 aromatic rings. The lowest BCUT2D eigenvalue weighted by Crippen LogP contribution is -2.30. The Kier molecular flexibility index (Phi) is 5.17. The number of fused-ring (bicyclic) bond motifs is 1. The molecule has 0 radical (unpaired) electrons. The lowest BCUT2D eigenvalue weighted by Gasteiger charge is -2.28. The van der Waals surface area contributed by atoms with Gasteiger partial charge in [0.15, 0.2) is 0 Å². The van der Waals surface area contributed by atoms with Crippen LogP contribution in [-0.2, 0) is 22.4 Å². The molecular formula is C19H33N3O. The summed E-state index contributed by atoms with van der Waals surface area (Å²) in [7, 11) is 2.15. The van der Waals surface area contributed by atoms with Crippen molar-refractivity contribution in [3.05, 3.63) is 22.8 Å². The number of hydrogen-bond donors (Lipinski definition) is 0. The average Bonchev–Trinajstić information content (AvgIpc) is 2.81. The smallest absolute Gasteiger partial charge is 0.131 e. The lowest BCUT2D eigenvalue weighted by atomic mass is 9.85. The molecule has 1 aliphatic heterocycles. The molecule has 1 aliphatic rings. The van der Waals surface area contributed by atoms with Crippen LogP contribution in [0.3, 0.4) is 0 Å². The van der Waals surface area contributed by atoms with E-state index < -0.39 is 0 Å². The molecule has 0 saturated heterocycles. The predicted molar refractivity (Wildman–Crippen MR) is 94.8 cm³/mol. The molecule has 0 fully saturated rings. The summed E-state index contributed by atoms with van der Waals surface area (Å²) < 4.78 is 6.25. The van der Waals surface area contributed by atoms with Gasteiger partial charge in [0.1, 0.15) is 11.4 Å². The average molecular weight is 319 g/mol. The van der Waals surface area contributed by atoms with Crippen LogP contribution in [0.2, 0.25) is 0 Å². The summed E-state index contributed by atoms with van der Waals surface area (Å²) in [6, 6.07) is 0. The monoisotopic (exact) mass is 319 g/mol. The van der Waals surface area contributed by atoms with Gasteiger partial charge in [-0.3, -0.25) is 0 Å². The Morgan fingerprint density at radius 1 is 1.26 bits per heavy atom. The van der Waals surface area contributed by atoms with E-state index in [-0.39, 0.29) is 11.0 Å². The van der Waals surface area contributed by atoms with Crippen LogP contribution in [0, 0.1) is 0 Å². The van der Waals surface area contributed by atoms with Crippen LogP contribution in [0.15, 0.2) is 0 Å². The molecule has 2 rings (SSSR count). The van der Waals surface area contributed by atoms with E-state index in [4.69, 9.17) is 14.7 Å². The standard InChI is InChI=1S/C19H33N3O/c1-9-22(8)11-10-19(7)16-14(12-23-19)15(18(4,5)6)20-17(21-16)13(2)3/h13H,9-12H2,1-8H3. The maximum absolute atomic E-state index is 6.25.